The zero-order valence-corrected chi connectivity index (χ0v) is 12.6. The first kappa shape index (κ1) is 13.9. The highest BCUT2D eigenvalue weighted by molar-refractivity contribution is 6.35. The number of aromatic amines is 1. The molecule has 3 aromatic rings. The van der Waals surface area contributed by atoms with Crippen LogP contribution in [0.5, 0.6) is 0 Å². The van der Waals surface area contributed by atoms with Crippen LogP contribution < -0.4 is 5.32 Å². The topological polar surface area (TPSA) is 57.8 Å². The number of halogens is 2. The minimum absolute atomic E-state index is 0.175. The molecule has 6 heteroatoms. The Morgan fingerprint density at radius 3 is 2.81 bits per heavy atom. The summed E-state index contributed by atoms with van der Waals surface area (Å²) in [6.45, 7) is 1.81. The first-order chi connectivity index (χ1) is 10.0. The maximum atomic E-state index is 12.3. The van der Waals surface area contributed by atoms with Gasteiger partial charge in [-0.3, -0.25) is 4.79 Å². The van der Waals surface area contributed by atoms with E-state index in [4.69, 9.17) is 23.2 Å². The summed E-state index contributed by atoms with van der Waals surface area (Å²) < 4.78 is 0. The summed E-state index contributed by atoms with van der Waals surface area (Å²) in [5.74, 6) is -0.249. The number of fused-ring (bicyclic) bond motifs is 1. The van der Waals surface area contributed by atoms with Crippen molar-refractivity contribution in [3.05, 3.63) is 58.0 Å². The van der Waals surface area contributed by atoms with Crippen LogP contribution in [-0.4, -0.2) is 15.9 Å². The Morgan fingerprint density at radius 2 is 2.05 bits per heavy atom. The third kappa shape index (κ3) is 2.73. The number of rotatable bonds is 2. The number of amides is 1. The largest absolute Gasteiger partial charge is 0.361 e. The Kier molecular flexibility index (Phi) is 3.57. The van der Waals surface area contributed by atoms with Crippen molar-refractivity contribution in [1.82, 2.24) is 9.97 Å². The van der Waals surface area contributed by atoms with Crippen LogP contribution in [-0.2, 0) is 0 Å². The maximum absolute atomic E-state index is 12.3. The maximum Gasteiger partial charge on any atom is 0.255 e. The van der Waals surface area contributed by atoms with Crippen LogP contribution in [0.25, 0.3) is 10.9 Å². The zero-order chi connectivity index (χ0) is 15.0. The van der Waals surface area contributed by atoms with E-state index in [1.807, 2.05) is 25.3 Å². The summed E-state index contributed by atoms with van der Waals surface area (Å²) in [6, 6.07) is 9.03. The lowest BCUT2D eigenvalue weighted by atomic mass is 10.1. The zero-order valence-electron chi connectivity index (χ0n) is 11.1. The molecule has 106 valence electrons. The highest BCUT2D eigenvalue weighted by atomic mass is 35.5. The molecule has 1 amide bonds. The van der Waals surface area contributed by atoms with E-state index in [0.29, 0.717) is 16.4 Å². The summed E-state index contributed by atoms with van der Waals surface area (Å²) in [7, 11) is 0. The van der Waals surface area contributed by atoms with Crippen LogP contribution in [0.3, 0.4) is 0 Å². The van der Waals surface area contributed by atoms with Gasteiger partial charge in [0, 0.05) is 17.3 Å². The number of benzene rings is 1. The van der Waals surface area contributed by atoms with E-state index >= 15 is 0 Å². The summed E-state index contributed by atoms with van der Waals surface area (Å²) in [5.41, 5.74) is 2.67. The highest BCUT2D eigenvalue weighted by Crippen LogP contribution is 2.27. The molecule has 0 saturated carbocycles. The van der Waals surface area contributed by atoms with Crippen LogP contribution >= 0.6 is 23.2 Å². The molecule has 2 aromatic heterocycles. The first-order valence-electron chi connectivity index (χ1n) is 6.26. The molecule has 4 nitrogen and oxygen atoms in total. The van der Waals surface area contributed by atoms with Gasteiger partial charge in [-0.05, 0) is 42.1 Å². The number of hydrogen-bond acceptors (Lipinski definition) is 2. The predicted octanol–water partition coefficient (Wildman–Crippen LogP) is 4.43. The molecule has 2 N–H and O–H groups in total. The Hall–Kier alpha value is -2.04. The van der Waals surface area contributed by atoms with Crippen molar-refractivity contribution < 1.29 is 4.79 Å². The second-order valence-electron chi connectivity index (χ2n) is 4.66. The second kappa shape index (κ2) is 5.39. The minimum Gasteiger partial charge on any atom is -0.361 e. The lowest BCUT2D eigenvalue weighted by molar-refractivity contribution is 0.102. The number of aryl methyl sites for hydroxylation is 1. The molecule has 0 unspecified atom stereocenters. The Labute approximate surface area is 131 Å². The summed E-state index contributed by atoms with van der Waals surface area (Å²) in [6.07, 6.45) is 1.83. The molecule has 0 aliphatic carbocycles. The van der Waals surface area contributed by atoms with Crippen molar-refractivity contribution in [3.8, 4) is 0 Å². The van der Waals surface area contributed by atoms with Crippen LogP contribution in [0, 0.1) is 6.92 Å². The average molecular weight is 320 g/mol. The monoisotopic (exact) mass is 319 g/mol. The average Bonchev–Trinajstić information content (AvgIpc) is 2.89. The van der Waals surface area contributed by atoms with E-state index in [-0.39, 0.29) is 11.1 Å². The fourth-order valence-corrected chi connectivity index (χ4v) is 2.70. The number of nitrogens with zero attached hydrogens (tertiary/aromatic N) is 1. The van der Waals surface area contributed by atoms with E-state index in [0.717, 1.165) is 16.5 Å². The van der Waals surface area contributed by atoms with Gasteiger partial charge in [-0.2, -0.15) is 0 Å². The van der Waals surface area contributed by atoms with Gasteiger partial charge in [-0.1, -0.05) is 29.3 Å². The van der Waals surface area contributed by atoms with Crippen LogP contribution in [0.4, 0.5) is 5.69 Å². The summed E-state index contributed by atoms with van der Waals surface area (Å²) in [4.78, 5) is 19.3. The van der Waals surface area contributed by atoms with Crippen molar-refractivity contribution >= 4 is 45.7 Å². The van der Waals surface area contributed by atoms with Gasteiger partial charge in [0.15, 0.2) is 5.15 Å². The molecule has 0 saturated heterocycles. The number of H-pyrrole nitrogens is 1. The molecule has 0 fully saturated rings. The van der Waals surface area contributed by atoms with Gasteiger partial charge in [0.1, 0.15) is 5.15 Å². The number of hydrogen-bond donors (Lipinski definition) is 2. The molecule has 0 spiro atoms. The van der Waals surface area contributed by atoms with E-state index in [1.165, 1.54) is 0 Å². The molecule has 0 bridgehead atoms. The fourth-order valence-electron chi connectivity index (χ4n) is 2.12. The molecular formula is C15H11Cl2N3O. The van der Waals surface area contributed by atoms with E-state index in [2.05, 4.69) is 15.3 Å². The van der Waals surface area contributed by atoms with Gasteiger partial charge in [-0.15, -0.1) is 0 Å². The quantitative estimate of drug-likeness (QED) is 0.686. The SMILES string of the molecule is Cc1cc(Cl)nc(Cl)c1NC(=O)c1ccc2cc[nH]c2c1. The molecule has 21 heavy (non-hydrogen) atoms. The number of carbonyl (C=O) groups is 1. The second-order valence-corrected chi connectivity index (χ2v) is 5.41. The molecule has 3 rings (SSSR count). The Morgan fingerprint density at radius 1 is 1.24 bits per heavy atom. The molecule has 1 aromatic carbocycles. The van der Waals surface area contributed by atoms with Gasteiger partial charge in [0.25, 0.3) is 5.91 Å². The van der Waals surface area contributed by atoms with Crippen molar-refractivity contribution in [1.29, 1.82) is 0 Å². The number of aromatic nitrogens is 2. The van der Waals surface area contributed by atoms with Crippen molar-refractivity contribution in [2.75, 3.05) is 5.32 Å². The number of carbonyl (C=O) groups excluding carboxylic acids is 1. The summed E-state index contributed by atoms with van der Waals surface area (Å²) in [5, 5.41) is 4.29. The Bertz CT molecular complexity index is 819. The summed E-state index contributed by atoms with van der Waals surface area (Å²) >= 11 is 11.8. The lowest BCUT2D eigenvalue weighted by Gasteiger charge is -2.10. The van der Waals surface area contributed by atoms with E-state index < -0.39 is 0 Å². The number of nitrogens with one attached hydrogen (secondary N) is 2. The third-order valence-electron chi connectivity index (χ3n) is 3.20. The number of anilines is 1. The normalized spacial score (nSPS) is 10.8. The van der Waals surface area contributed by atoms with Gasteiger partial charge in [0.2, 0.25) is 0 Å². The van der Waals surface area contributed by atoms with Gasteiger partial charge in [-0.25, -0.2) is 4.98 Å². The fraction of sp³-hybridized carbons (Fsp3) is 0.0667. The molecular weight excluding hydrogens is 309 g/mol. The highest BCUT2D eigenvalue weighted by Gasteiger charge is 2.13. The van der Waals surface area contributed by atoms with Crippen LogP contribution in [0.2, 0.25) is 10.3 Å². The van der Waals surface area contributed by atoms with Gasteiger partial charge in [0.05, 0.1) is 5.69 Å². The van der Waals surface area contributed by atoms with Crippen LogP contribution in [0.15, 0.2) is 36.5 Å². The van der Waals surface area contributed by atoms with Crippen molar-refractivity contribution in [2.24, 2.45) is 0 Å². The Balaban J connectivity index is 1.92. The standard InChI is InChI=1S/C15H11Cl2N3O/c1-8-6-12(16)19-14(17)13(8)20-15(21)10-3-2-9-4-5-18-11(9)7-10/h2-7,18H,1H3,(H,20,21). The molecule has 0 radical (unpaired) electrons. The van der Waals surface area contributed by atoms with Gasteiger partial charge >= 0.3 is 0 Å². The molecule has 2 heterocycles. The lowest BCUT2D eigenvalue weighted by Crippen LogP contribution is -2.13. The smallest absolute Gasteiger partial charge is 0.255 e. The molecule has 0 aliphatic heterocycles. The third-order valence-corrected chi connectivity index (χ3v) is 3.66. The first-order valence-corrected chi connectivity index (χ1v) is 7.01. The minimum atomic E-state index is -0.249. The van der Waals surface area contributed by atoms with Gasteiger partial charge < -0.3 is 10.3 Å². The van der Waals surface area contributed by atoms with Crippen molar-refractivity contribution in [2.45, 2.75) is 6.92 Å². The van der Waals surface area contributed by atoms with E-state index in [1.54, 1.807) is 18.2 Å². The molecule has 0 atom stereocenters. The predicted molar refractivity (Wildman–Crippen MR) is 85.2 cm³/mol. The number of pyridine rings is 1. The van der Waals surface area contributed by atoms with Crippen molar-refractivity contribution in [3.63, 3.8) is 0 Å². The molecule has 0 aliphatic rings. The van der Waals surface area contributed by atoms with E-state index in [9.17, 15) is 4.79 Å². The van der Waals surface area contributed by atoms with Crippen LogP contribution in [0.1, 0.15) is 15.9 Å².